The van der Waals surface area contributed by atoms with Crippen LogP contribution in [0.25, 0.3) is 0 Å². The number of carbonyl (C=O) groups is 1. The molecule has 0 aliphatic heterocycles. The van der Waals surface area contributed by atoms with Crippen LogP contribution in [0.2, 0.25) is 0 Å². The minimum atomic E-state index is -1.59. The Bertz CT molecular complexity index is 352. The molecule has 0 radical (unpaired) electrons. The second-order valence-corrected chi connectivity index (χ2v) is 4.12. The molecule has 0 amide bonds. The number of carbonyl (C=O) groups excluding carboxylic acids is 1. The number of hydrogen-bond donors (Lipinski definition) is 1. The first-order valence-corrected chi connectivity index (χ1v) is 4.95. The number of hydrogen-bond acceptors (Lipinski definition) is 5. The first-order valence-electron chi connectivity index (χ1n) is 4.13. The average Bonchev–Trinajstić information content (AvgIpc) is 2.27. The Morgan fingerprint density at radius 3 is 2.53 bits per heavy atom. The Balaban J connectivity index is 2.52. The zero-order valence-electron chi connectivity index (χ0n) is 8.04. The molecule has 0 heterocycles. The minimum absolute atomic E-state index is 0.365. The molecule has 0 bridgehead atoms. The maximum Gasteiger partial charge on any atom is 0.386 e. The lowest BCUT2D eigenvalue weighted by Gasteiger charge is -2.12. The molecular formula is C9H10NO4P. The molecule has 0 saturated heterocycles. The molecule has 0 aromatic heterocycles. The highest BCUT2D eigenvalue weighted by atomic mass is 31.1. The van der Waals surface area contributed by atoms with Gasteiger partial charge in [0, 0.05) is 0 Å². The smallest absolute Gasteiger partial charge is 0.306 e. The Hall–Kier alpha value is -1.45. The van der Waals surface area contributed by atoms with Crippen LogP contribution in [-0.2, 0) is 14.2 Å². The van der Waals surface area contributed by atoms with Gasteiger partial charge < -0.3 is 5.73 Å². The van der Waals surface area contributed by atoms with E-state index in [-0.39, 0.29) is 0 Å². The van der Waals surface area contributed by atoms with Gasteiger partial charge in [0.1, 0.15) is 0 Å². The fourth-order valence-electron chi connectivity index (χ4n) is 0.684. The Morgan fingerprint density at radius 1 is 1.40 bits per heavy atom. The van der Waals surface area contributed by atoms with Crippen LogP contribution >= 0.6 is 8.46 Å². The number of rotatable bonds is 4. The molecule has 0 aliphatic rings. The van der Waals surface area contributed by atoms with E-state index in [0.717, 1.165) is 0 Å². The molecule has 0 aliphatic carbocycles. The van der Waals surface area contributed by atoms with Gasteiger partial charge in [0.2, 0.25) is 0 Å². The molecule has 1 atom stereocenters. The van der Waals surface area contributed by atoms with Gasteiger partial charge in [-0.25, -0.2) is 9.68 Å². The van der Waals surface area contributed by atoms with Crippen molar-refractivity contribution >= 4 is 14.4 Å². The van der Waals surface area contributed by atoms with E-state index >= 15 is 0 Å². The normalized spacial score (nSPS) is 14.3. The Labute approximate surface area is 88.3 Å². The summed E-state index contributed by atoms with van der Waals surface area (Å²) in [5.74, 6) is -0.535. The van der Waals surface area contributed by atoms with Crippen molar-refractivity contribution in [3.63, 3.8) is 0 Å². The van der Waals surface area contributed by atoms with Crippen LogP contribution in [0.1, 0.15) is 6.92 Å². The van der Waals surface area contributed by atoms with E-state index in [0.29, 0.717) is 5.75 Å². The van der Waals surface area contributed by atoms with E-state index in [2.05, 4.69) is 9.78 Å². The van der Waals surface area contributed by atoms with Gasteiger partial charge in [-0.15, -0.1) is 0 Å². The molecule has 5 nitrogen and oxygen atoms in total. The summed E-state index contributed by atoms with van der Waals surface area (Å²) < 4.78 is 10.5. The maximum absolute atomic E-state index is 11.2. The van der Waals surface area contributed by atoms with E-state index in [9.17, 15) is 9.36 Å². The monoisotopic (exact) mass is 227 g/mol. The van der Waals surface area contributed by atoms with Crippen LogP contribution in [0, 0.1) is 0 Å². The highest BCUT2D eigenvalue weighted by molar-refractivity contribution is 7.27. The Kier molecular flexibility index (Phi) is 3.77. The van der Waals surface area contributed by atoms with Gasteiger partial charge in [-0.1, -0.05) is 18.2 Å². The second-order valence-electron chi connectivity index (χ2n) is 3.01. The largest absolute Gasteiger partial charge is 0.386 e. The van der Waals surface area contributed by atoms with Crippen molar-refractivity contribution < 1.29 is 19.1 Å². The fourth-order valence-corrected chi connectivity index (χ4v) is 0.795. The van der Waals surface area contributed by atoms with Crippen molar-refractivity contribution in [1.82, 2.24) is 0 Å². The number of para-hydroxylation sites is 1. The zero-order valence-corrected chi connectivity index (χ0v) is 8.94. The molecule has 6 heteroatoms. The van der Waals surface area contributed by atoms with E-state index in [1.54, 1.807) is 30.3 Å². The van der Waals surface area contributed by atoms with Crippen LogP contribution in [0.4, 0.5) is 0 Å². The average molecular weight is 227 g/mol. The number of nitrogens with two attached hydrogens (primary N) is 1. The third-order valence-electron chi connectivity index (χ3n) is 1.56. The van der Waals surface area contributed by atoms with Crippen LogP contribution in [0.3, 0.4) is 0 Å². The third-order valence-corrected chi connectivity index (χ3v) is 2.12. The Morgan fingerprint density at radius 2 is 2.00 bits per heavy atom. The van der Waals surface area contributed by atoms with E-state index in [4.69, 9.17) is 5.73 Å². The summed E-state index contributed by atoms with van der Waals surface area (Å²) >= 11 is 0. The van der Waals surface area contributed by atoms with Crippen molar-refractivity contribution in [2.75, 3.05) is 0 Å². The summed E-state index contributed by atoms with van der Waals surface area (Å²) in [6.07, 6.45) is 0. The quantitative estimate of drug-likeness (QED) is 0.479. The predicted octanol–water partition coefficient (Wildman–Crippen LogP) is 1.49. The van der Waals surface area contributed by atoms with Crippen molar-refractivity contribution in [2.24, 2.45) is 5.73 Å². The summed E-state index contributed by atoms with van der Waals surface area (Å²) in [6.45, 7) is 1.28. The van der Waals surface area contributed by atoms with Crippen molar-refractivity contribution in [3.05, 3.63) is 30.3 Å². The van der Waals surface area contributed by atoms with E-state index in [1.807, 2.05) is 0 Å². The molecular weight excluding hydrogens is 217 g/mol. The van der Waals surface area contributed by atoms with Gasteiger partial charge >= 0.3 is 5.97 Å². The summed E-state index contributed by atoms with van der Waals surface area (Å²) in [4.78, 5) is 20.3. The molecule has 80 valence electrons. The van der Waals surface area contributed by atoms with Gasteiger partial charge in [-0.3, -0.25) is 9.45 Å². The lowest BCUT2D eigenvalue weighted by molar-refractivity contribution is -0.216. The molecule has 0 fully saturated rings. The molecule has 1 unspecified atom stereocenters. The lowest BCUT2D eigenvalue weighted by Crippen LogP contribution is -2.40. The van der Waals surface area contributed by atoms with Crippen molar-refractivity contribution in [3.8, 4) is 5.75 Å². The third kappa shape index (κ3) is 3.31. The van der Waals surface area contributed by atoms with Crippen LogP contribution in [-0.4, -0.2) is 11.2 Å². The first-order chi connectivity index (χ1) is 7.06. The van der Waals surface area contributed by atoms with Crippen LogP contribution in [0.15, 0.2) is 30.3 Å². The summed E-state index contributed by atoms with van der Waals surface area (Å²) in [5, 5.41) is -1.59. The van der Waals surface area contributed by atoms with Gasteiger partial charge in [-0.05, 0) is 19.1 Å². The van der Waals surface area contributed by atoms with Crippen molar-refractivity contribution in [1.29, 1.82) is 0 Å². The van der Waals surface area contributed by atoms with E-state index in [1.165, 1.54) is 6.92 Å². The molecule has 0 spiro atoms. The van der Waals surface area contributed by atoms with Gasteiger partial charge in [0.15, 0.2) is 19.5 Å². The predicted molar refractivity (Wildman–Crippen MR) is 53.4 cm³/mol. The maximum atomic E-state index is 11.2. The lowest BCUT2D eigenvalue weighted by atomic mass is 10.3. The molecule has 15 heavy (non-hydrogen) atoms. The van der Waals surface area contributed by atoms with Crippen LogP contribution in [0.5, 0.6) is 5.75 Å². The fraction of sp³-hybridized carbons (Fsp3) is 0.222. The second kappa shape index (κ2) is 4.87. The summed E-state index contributed by atoms with van der Waals surface area (Å²) in [5.41, 5.74) is 5.34. The summed E-state index contributed by atoms with van der Waals surface area (Å²) in [7, 11) is -0.525. The van der Waals surface area contributed by atoms with E-state index < -0.39 is 19.7 Å². The van der Waals surface area contributed by atoms with Gasteiger partial charge in [0.25, 0.3) is 0 Å². The molecule has 1 rings (SSSR count). The molecule has 0 saturated carbocycles. The molecule has 1 aromatic rings. The topological polar surface area (TPSA) is 78.6 Å². The van der Waals surface area contributed by atoms with Crippen LogP contribution < -0.4 is 10.6 Å². The minimum Gasteiger partial charge on any atom is -0.306 e. The highest BCUT2D eigenvalue weighted by Gasteiger charge is 2.32. The standard InChI is InChI=1S/C9H10NO4P/c1-9(10,15-12)8(11)14-13-7-5-3-2-4-6-7/h2-6H,10H2,1H3. The molecule has 1 aromatic carbocycles. The van der Waals surface area contributed by atoms with Gasteiger partial charge in [-0.2, -0.15) is 0 Å². The van der Waals surface area contributed by atoms with Crippen molar-refractivity contribution in [2.45, 2.75) is 12.2 Å². The molecule has 2 N–H and O–H groups in total. The number of benzene rings is 1. The first kappa shape index (κ1) is 11.6. The van der Waals surface area contributed by atoms with Gasteiger partial charge in [0.05, 0.1) is 0 Å². The summed E-state index contributed by atoms with van der Waals surface area (Å²) in [6, 6.07) is 8.44. The highest BCUT2D eigenvalue weighted by Crippen LogP contribution is 2.18. The zero-order chi connectivity index (χ0) is 11.3. The SMILES string of the molecule is CC(N)(P=O)C(=O)OOc1ccccc1.